The molecule has 0 spiro atoms. The summed E-state index contributed by atoms with van der Waals surface area (Å²) in [6, 6.07) is 0. The van der Waals surface area contributed by atoms with Gasteiger partial charge in [-0.05, 0) is 0 Å². The minimum Gasteiger partial charge on any atom is -0.394 e. The Balaban J connectivity index is 4.10. The van der Waals surface area contributed by atoms with Gasteiger partial charge in [-0.25, -0.2) is 0 Å². The van der Waals surface area contributed by atoms with Crippen molar-refractivity contribution in [3.63, 3.8) is 0 Å². The fourth-order valence-corrected chi connectivity index (χ4v) is 8.04. The van der Waals surface area contributed by atoms with E-state index in [2.05, 4.69) is 0 Å². The van der Waals surface area contributed by atoms with Crippen LogP contribution in [0.15, 0.2) is 0 Å². The molecule has 0 aliphatic heterocycles. The second-order valence-corrected chi connectivity index (χ2v) is 16.0. The summed E-state index contributed by atoms with van der Waals surface area (Å²) < 4.78 is 83.2. The molecule has 293 valence electrons. The molecule has 0 aromatic rings. The number of aliphatic hydroxyl groups is 2. The summed E-state index contributed by atoms with van der Waals surface area (Å²) in [6.45, 7) is 14.5. The molecule has 3 unspecified atom stereocenters. The van der Waals surface area contributed by atoms with Crippen LogP contribution in [0.5, 0.6) is 0 Å². The molecule has 17 nitrogen and oxygen atoms in total. The number of hydrogen-bond donors (Lipinski definition) is 2. The van der Waals surface area contributed by atoms with E-state index in [1.54, 1.807) is 7.11 Å². The Kier molecular flexibility index (Phi) is 41.5. The van der Waals surface area contributed by atoms with Crippen LogP contribution in [0.25, 0.3) is 0 Å². The van der Waals surface area contributed by atoms with E-state index in [1.165, 1.54) is 0 Å². The predicted octanol–water partition coefficient (Wildman–Crippen LogP) is -0.466. The third-order valence-electron chi connectivity index (χ3n) is 5.63. The molecule has 49 heavy (non-hydrogen) atoms. The Bertz CT molecular complexity index is 635. The van der Waals surface area contributed by atoms with Crippen molar-refractivity contribution >= 4 is 31.5 Å². The smallest absolute Gasteiger partial charge is 0.394 e. The van der Waals surface area contributed by atoms with Crippen LogP contribution in [0.3, 0.4) is 0 Å². The zero-order chi connectivity index (χ0) is 35.9. The van der Waals surface area contributed by atoms with Crippen molar-refractivity contribution in [3.05, 3.63) is 0 Å². The van der Waals surface area contributed by atoms with E-state index in [-0.39, 0.29) is 31.5 Å². The van der Waals surface area contributed by atoms with Crippen LogP contribution in [0, 0.1) is 0 Å². The monoisotopic (exact) mass is 843 g/mol. The topological polar surface area (TPSA) is 179 Å². The second-order valence-electron chi connectivity index (χ2n) is 10.1. The van der Waals surface area contributed by atoms with Crippen molar-refractivity contribution in [1.29, 1.82) is 0 Å². The van der Waals surface area contributed by atoms with Crippen LogP contribution >= 0.6 is 0 Å². The molecular weight excluding hydrogens is 778 g/mol. The van der Waals surface area contributed by atoms with E-state index in [0.717, 1.165) is 0 Å². The molecule has 2 N–H and O–H groups in total. The molecule has 0 bridgehead atoms. The Morgan fingerprint density at radius 1 is 0.449 bits per heavy atom. The molecule has 19 heteroatoms. The number of methoxy groups -OCH3 is 1. The summed E-state index contributed by atoms with van der Waals surface area (Å²) in [5.41, 5.74) is 0. The van der Waals surface area contributed by atoms with Crippen LogP contribution < -0.4 is 0 Å². The SMILES string of the molecule is COCCOCCOCC(C)OCCOCC[O][Ge]([O]CCOCCOC(C)COCCO)[O][Ge][O]CCOCCOC(C)COCCO. The van der Waals surface area contributed by atoms with Gasteiger partial charge in [0.1, 0.15) is 0 Å². The van der Waals surface area contributed by atoms with Gasteiger partial charge in [0, 0.05) is 7.11 Å². The van der Waals surface area contributed by atoms with Gasteiger partial charge in [0.2, 0.25) is 0 Å². The van der Waals surface area contributed by atoms with Gasteiger partial charge in [-0.2, -0.15) is 0 Å². The van der Waals surface area contributed by atoms with Crippen LogP contribution in [-0.2, 0) is 66.2 Å². The van der Waals surface area contributed by atoms with Crippen LogP contribution in [-0.4, -0.2) is 219 Å². The van der Waals surface area contributed by atoms with Gasteiger partial charge in [0.15, 0.2) is 0 Å². The molecule has 0 heterocycles. The molecule has 0 fully saturated rings. The number of ether oxygens (including phenoxy) is 11. The molecule has 0 aliphatic carbocycles. The summed E-state index contributed by atoms with van der Waals surface area (Å²) in [6.07, 6.45) is -0.221. The van der Waals surface area contributed by atoms with Gasteiger partial charge in [0.25, 0.3) is 0 Å². The zero-order valence-corrected chi connectivity index (χ0v) is 34.2. The first-order valence-corrected chi connectivity index (χ1v) is 21.1. The molecule has 0 aromatic heterocycles. The predicted molar refractivity (Wildman–Crippen MR) is 178 cm³/mol. The van der Waals surface area contributed by atoms with Gasteiger partial charge >= 0.3 is 266 Å². The van der Waals surface area contributed by atoms with E-state index in [0.29, 0.717) is 139 Å². The summed E-state index contributed by atoms with van der Waals surface area (Å²) in [5, 5.41) is 17.5. The molecule has 0 rings (SSSR count). The fraction of sp³-hybridized carbons (Fsp3) is 1.00. The van der Waals surface area contributed by atoms with Crippen molar-refractivity contribution in [3.8, 4) is 0 Å². The van der Waals surface area contributed by atoms with Gasteiger partial charge in [-0.3, -0.25) is 0 Å². The Hall–Kier alpha value is 0.406. The minimum absolute atomic E-state index is 0.00546. The molecule has 0 aromatic carbocycles. The Labute approximate surface area is 305 Å². The zero-order valence-electron chi connectivity index (χ0n) is 30.0. The van der Waals surface area contributed by atoms with E-state index in [4.69, 9.17) is 76.4 Å². The second kappa shape index (κ2) is 41.2. The first kappa shape index (κ1) is 49.4. The minimum atomic E-state index is -2.78. The maximum absolute atomic E-state index is 8.77. The maximum atomic E-state index is 8.77. The first-order valence-electron chi connectivity index (χ1n) is 16.8. The van der Waals surface area contributed by atoms with Crippen LogP contribution in [0.2, 0.25) is 0 Å². The average molecular weight is 841 g/mol. The van der Waals surface area contributed by atoms with Gasteiger partial charge in [-0.1, -0.05) is 0 Å². The first-order chi connectivity index (χ1) is 24.0. The van der Waals surface area contributed by atoms with E-state index in [1.807, 2.05) is 20.8 Å². The van der Waals surface area contributed by atoms with Gasteiger partial charge in [-0.15, -0.1) is 0 Å². The van der Waals surface area contributed by atoms with Crippen molar-refractivity contribution < 1.29 is 76.4 Å². The summed E-state index contributed by atoms with van der Waals surface area (Å²) in [5.74, 6) is 0. The van der Waals surface area contributed by atoms with E-state index in [9.17, 15) is 0 Å². The molecule has 0 aliphatic rings. The summed E-state index contributed by atoms with van der Waals surface area (Å²) >= 11 is -3.98. The molecular formula is C30H63Ge2O17. The molecule has 3 radical (unpaired) electrons. The average Bonchev–Trinajstić information content (AvgIpc) is 3.09. The van der Waals surface area contributed by atoms with Crippen molar-refractivity contribution in [2.45, 2.75) is 39.1 Å². The molecule has 0 saturated carbocycles. The van der Waals surface area contributed by atoms with Crippen LogP contribution in [0.1, 0.15) is 20.8 Å². The van der Waals surface area contributed by atoms with Crippen molar-refractivity contribution in [2.24, 2.45) is 0 Å². The van der Waals surface area contributed by atoms with Crippen molar-refractivity contribution in [2.75, 3.05) is 159 Å². The summed E-state index contributed by atoms with van der Waals surface area (Å²) in [4.78, 5) is 0. The van der Waals surface area contributed by atoms with Gasteiger partial charge in [0.05, 0.1) is 13.2 Å². The number of aliphatic hydroxyl groups excluding tert-OH is 2. The van der Waals surface area contributed by atoms with E-state index >= 15 is 0 Å². The quantitative estimate of drug-likeness (QED) is 0.0595. The normalized spacial score (nSPS) is 13.8. The third kappa shape index (κ3) is 39.4. The van der Waals surface area contributed by atoms with Crippen molar-refractivity contribution in [1.82, 2.24) is 0 Å². The molecule has 0 amide bonds. The Morgan fingerprint density at radius 2 is 0.816 bits per heavy atom. The fourth-order valence-electron chi connectivity index (χ4n) is 3.29. The van der Waals surface area contributed by atoms with Crippen LogP contribution in [0.4, 0.5) is 0 Å². The Morgan fingerprint density at radius 3 is 1.27 bits per heavy atom. The molecule has 3 atom stereocenters. The van der Waals surface area contributed by atoms with Gasteiger partial charge < -0.3 is 19.7 Å². The summed E-state index contributed by atoms with van der Waals surface area (Å²) in [7, 11) is 1.64. The standard InChI is InChI=1S/C30H63Ge2O17/c1-28(25-40-7-5-33)43-19-13-37-16-22-46-31-49-32(47-23-17-38-14-20-44-29(2)26-41-8-6-34)48-24-18-39-15-21-45-30(3)27-42-12-11-36-10-9-35-4/h28-30,33-34H,5-27H2,1-4H3. The number of rotatable bonds is 42. The van der Waals surface area contributed by atoms with E-state index < -0.39 is 31.5 Å². The molecule has 0 saturated heterocycles. The third-order valence-corrected chi connectivity index (χ3v) is 11.4. The number of hydrogen-bond acceptors (Lipinski definition) is 17.